The number of carbonyl (C=O) groups is 2. The largest absolute Gasteiger partial charge is 0.354 e. The van der Waals surface area contributed by atoms with Crippen molar-refractivity contribution in [3.05, 3.63) is 53.9 Å². The van der Waals surface area contributed by atoms with Crippen molar-refractivity contribution in [1.82, 2.24) is 9.88 Å². The van der Waals surface area contributed by atoms with Crippen LogP contribution in [0.2, 0.25) is 0 Å². The molecule has 5 heteroatoms. The van der Waals surface area contributed by atoms with E-state index in [-0.39, 0.29) is 24.3 Å². The summed E-state index contributed by atoms with van der Waals surface area (Å²) in [6.07, 6.45) is 4.00. The predicted octanol–water partition coefficient (Wildman–Crippen LogP) is 2.59. The number of rotatable bonds is 5. The minimum absolute atomic E-state index is 0.0598. The number of aromatic nitrogens is 1. The van der Waals surface area contributed by atoms with Crippen LogP contribution in [0.3, 0.4) is 0 Å². The SMILES string of the molecule is CC(CCc1cccn1C)NC(=O)C1CC(=O)Nc2ccccc21. The summed E-state index contributed by atoms with van der Waals surface area (Å²) in [4.78, 5) is 24.5. The molecule has 24 heavy (non-hydrogen) atoms. The Kier molecular flexibility index (Phi) is 4.69. The Balaban J connectivity index is 1.62. The van der Waals surface area contributed by atoms with E-state index >= 15 is 0 Å². The van der Waals surface area contributed by atoms with Gasteiger partial charge in [-0.05, 0) is 43.5 Å². The third-order valence-electron chi connectivity index (χ3n) is 4.59. The Morgan fingerprint density at radius 3 is 2.88 bits per heavy atom. The van der Waals surface area contributed by atoms with Gasteiger partial charge in [-0.25, -0.2) is 0 Å². The Hall–Kier alpha value is -2.56. The van der Waals surface area contributed by atoms with Crippen LogP contribution in [0.4, 0.5) is 5.69 Å². The number of hydrogen-bond acceptors (Lipinski definition) is 2. The number of nitrogens with one attached hydrogen (secondary N) is 2. The Bertz CT molecular complexity index is 751. The second-order valence-corrected chi connectivity index (χ2v) is 6.45. The van der Waals surface area contributed by atoms with Gasteiger partial charge in [0.1, 0.15) is 0 Å². The van der Waals surface area contributed by atoms with Gasteiger partial charge in [0.05, 0.1) is 5.92 Å². The molecule has 3 rings (SSSR count). The first-order valence-corrected chi connectivity index (χ1v) is 8.34. The van der Waals surface area contributed by atoms with E-state index in [1.54, 1.807) is 0 Å². The molecule has 0 fully saturated rings. The van der Waals surface area contributed by atoms with Crippen LogP contribution >= 0.6 is 0 Å². The monoisotopic (exact) mass is 325 g/mol. The predicted molar refractivity (Wildman–Crippen MR) is 93.8 cm³/mol. The summed E-state index contributed by atoms with van der Waals surface area (Å²) in [6.45, 7) is 2.01. The molecule has 0 bridgehead atoms. The molecule has 0 saturated carbocycles. The molecular weight excluding hydrogens is 302 g/mol. The van der Waals surface area contributed by atoms with Crippen molar-refractivity contribution in [1.29, 1.82) is 0 Å². The van der Waals surface area contributed by atoms with E-state index in [4.69, 9.17) is 0 Å². The maximum absolute atomic E-state index is 12.6. The van der Waals surface area contributed by atoms with Crippen LogP contribution in [0.5, 0.6) is 0 Å². The maximum Gasteiger partial charge on any atom is 0.228 e. The molecule has 5 nitrogen and oxygen atoms in total. The van der Waals surface area contributed by atoms with Crippen LogP contribution in [-0.2, 0) is 23.1 Å². The van der Waals surface area contributed by atoms with Crippen molar-refractivity contribution in [3.8, 4) is 0 Å². The molecule has 126 valence electrons. The number of para-hydroxylation sites is 1. The molecule has 0 radical (unpaired) electrons. The van der Waals surface area contributed by atoms with Crippen LogP contribution < -0.4 is 10.6 Å². The van der Waals surface area contributed by atoms with Gasteiger partial charge in [-0.1, -0.05) is 18.2 Å². The van der Waals surface area contributed by atoms with E-state index in [0.717, 1.165) is 24.1 Å². The van der Waals surface area contributed by atoms with Crippen LogP contribution in [0, 0.1) is 0 Å². The van der Waals surface area contributed by atoms with E-state index in [2.05, 4.69) is 21.3 Å². The van der Waals surface area contributed by atoms with Crippen LogP contribution in [0.25, 0.3) is 0 Å². The fourth-order valence-corrected chi connectivity index (χ4v) is 3.18. The zero-order valence-electron chi connectivity index (χ0n) is 14.1. The molecule has 2 aromatic rings. The molecule has 1 aliphatic heterocycles. The number of aryl methyl sites for hydroxylation is 2. The number of amides is 2. The molecule has 2 amide bonds. The van der Waals surface area contributed by atoms with Crippen LogP contribution in [0.1, 0.15) is 36.9 Å². The van der Waals surface area contributed by atoms with Gasteiger partial charge in [0, 0.05) is 37.1 Å². The number of hydrogen-bond donors (Lipinski definition) is 2. The third kappa shape index (κ3) is 3.50. The molecule has 1 aromatic carbocycles. The fraction of sp³-hybridized carbons (Fsp3) is 0.368. The number of carbonyl (C=O) groups excluding carboxylic acids is 2. The zero-order valence-corrected chi connectivity index (χ0v) is 14.1. The molecule has 2 N–H and O–H groups in total. The summed E-state index contributed by atoms with van der Waals surface area (Å²) in [5.41, 5.74) is 2.88. The highest BCUT2D eigenvalue weighted by Crippen LogP contribution is 2.32. The maximum atomic E-state index is 12.6. The second-order valence-electron chi connectivity index (χ2n) is 6.45. The van der Waals surface area contributed by atoms with E-state index in [1.165, 1.54) is 5.69 Å². The molecule has 2 atom stereocenters. The van der Waals surface area contributed by atoms with Crippen molar-refractivity contribution in [2.75, 3.05) is 5.32 Å². The summed E-state index contributed by atoms with van der Waals surface area (Å²) < 4.78 is 2.09. The molecule has 0 aliphatic carbocycles. The van der Waals surface area contributed by atoms with Gasteiger partial charge >= 0.3 is 0 Å². The van der Waals surface area contributed by atoms with Gasteiger partial charge in [-0.2, -0.15) is 0 Å². The Morgan fingerprint density at radius 1 is 1.33 bits per heavy atom. The first kappa shape index (κ1) is 16.3. The zero-order chi connectivity index (χ0) is 17.1. The average molecular weight is 325 g/mol. The van der Waals surface area contributed by atoms with Gasteiger partial charge in [0.2, 0.25) is 11.8 Å². The van der Waals surface area contributed by atoms with Crippen molar-refractivity contribution in [2.45, 2.75) is 38.1 Å². The fourth-order valence-electron chi connectivity index (χ4n) is 3.18. The summed E-state index contributed by atoms with van der Waals surface area (Å²) in [5, 5.41) is 5.89. The molecular formula is C19H23N3O2. The van der Waals surface area contributed by atoms with Crippen LogP contribution in [-0.4, -0.2) is 22.4 Å². The van der Waals surface area contributed by atoms with E-state index in [1.807, 2.05) is 50.5 Å². The standard InChI is InChI=1S/C19H23N3O2/c1-13(9-10-14-6-5-11-22(14)2)20-19(24)16-12-18(23)21-17-8-4-3-7-15(16)17/h3-8,11,13,16H,9-10,12H2,1-2H3,(H,20,24)(H,21,23). The summed E-state index contributed by atoms with van der Waals surface area (Å²) in [7, 11) is 2.02. The third-order valence-corrected chi connectivity index (χ3v) is 4.59. The van der Waals surface area contributed by atoms with E-state index in [9.17, 15) is 9.59 Å². The van der Waals surface area contributed by atoms with Gasteiger partial charge in [-0.15, -0.1) is 0 Å². The molecule has 2 heterocycles. The highest BCUT2D eigenvalue weighted by Gasteiger charge is 2.30. The molecule has 1 aromatic heterocycles. The molecule has 1 aliphatic rings. The van der Waals surface area contributed by atoms with Crippen molar-refractivity contribution >= 4 is 17.5 Å². The Morgan fingerprint density at radius 2 is 2.12 bits per heavy atom. The molecule has 0 saturated heterocycles. The number of fused-ring (bicyclic) bond motifs is 1. The van der Waals surface area contributed by atoms with E-state index in [0.29, 0.717) is 0 Å². The minimum atomic E-state index is -0.410. The highest BCUT2D eigenvalue weighted by molar-refractivity contribution is 6.01. The number of nitrogens with zero attached hydrogens (tertiary/aromatic N) is 1. The lowest BCUT2D eigenvalue weighted by molar-refractivity contribution is -0.126. The Labute approximate surface area is 142 Å². The van der Waals surface area contributed by atoms with Gasteiger partial charge in [0.15, 0.2) is 0 Å². The molecule has 2 unspecified atom stereocenters. The van der Waals surface area contributed by atoms with Crippen molar-refractivity contribution < 1.29 is 9.59 Å². The van der Waals surface area contributed by atoms with Crippen molar-refractivity contribution in [3.63, 3.8) is 0 Å². The minimum Gasteiger partial charge on any atom is -0.354 e. The summed E-state index contributed by atoms with van der Waals surface area (Å²) in [5.74, 6) is -0.588. The van der Waals surface area contributed by atoms with Crippen molar-refractivity contribution in [2.24, 2.45) is 7.05 Å². The first-order chi connectivity index (χ1) is 11.5. The molecule has 0 spiro atoms. The van der Waals surface area contributed by atoms with E-state index < -0.39 is 5.92 Å². The smallest absolute Gasteiger partial charge is 0.228 e. The van der Waals surface area contributed by atoms with Gasteiger partial charge in [-0.3, -0.25) is 9.59 Å². The summed E-state index contributed by atoms with van der Waals surface area (Å²) in [6, 6.07) is 11.7. The lowest BCUT2D eigenvalue weighted by Crippen LogP contribution is -2.39. The number of benzene rings is 1. The normalized spacial score (nSPS) is 17.8. The lowest BCUT2D eigenvalue weighted by atomic mass is 9.89. The second kappa shape index (κ2) is 6.91. The van der Waals surface area contributed by atoms with Gasteiger partial charge < -0.3 is 15.2 Å². The summed E-state index contributed by atoms with van der Waals surface area (Å²) >= 11 is 0. The average Bonchev–Trinajstić information content (AvgIpc) is 2.97. The van der Waals surface area contributed by atoms with Gasteiger partial charge in [0.25, 0.3) is 0 Å². The highest BCUT2D eigenvalue weighted by atomic mass is 16.2. The number of anilines is 1. The first-order valence-electron chi connectivity index (χ1n) is 8.34. The lowest BCUT2D eigenvalue weighted by Gasteiger charge is -2.26. The topological polar surface area (TPSA) is 63.1 Å². The van der Waals surface area contributed by atoms with Crippen LogP contribution in [0.15, 0.2) is 42.6 Å². The quantitative estimate of drug-likeness (QED) is 0.887.